The first-order valence-corrected chi connectivity index (χ1v) is 4.71. The summed E-state index contributed by atoms with van der Waals surface area (Å²) in [5.74, 6) is 0.810. The van der Waals surface area contributed by atoms with Crippen molar-refractivity contribution in [2.75, 3.05) is 7.11 Å². The third-order valence-electron chi connectivity index (χ3n) is 2.14. The van der Waals surface area contributed by atoms with Crippen LogP contribution in [0.25, 0.3) is 0 Å². The van der Waals surface area contributed by atoms with Gasteiger partial charge in [0.05, 0.1) is 13.2 Å². The smallest absolute Gasteiger partial charge is 0.118 e. The van der Waals surface area contributed by atoms with Gasteiger partial charge in [-0.3, -0.25) is 0 Å². The first kappa shape index (κ1) is 10.8. The van der Waals surface area contributed by atoms with Gasteiger partial charge in [-0.2, -0.15) is 0 Å². The first-order chi connectivity index (χ1) is 6.77. The molecule has 0 aliphatic rings. The summed E-state index contributed by atoms with van der Waals surface area (Å²) in [6, 6.07) is 7.47. The summed E-state index contributed by atoms with van der Waals surface area (Å²) < 4.78 is 5.03. The summed E-state index contributed by atoms with van der Waals surface area (Å²) in [7, 11) is 1.63. The molecule has 0 spiro atoms. The van der Waals surface area contributed by atoms with E-state index in [4.69, 9.17) is 4.74 Å². The first-order valence-electron chi connectivity index (χ1n) is 4.71. The highest BCUT2D eigenvalue weighted by molar-refractivity contribution is 5.28. The average Bonchev–Trinajstić information content (AvgIpc) is 2.26. The minimum atomic E-state index is -0.404. The molecule has 2 heteroatoms. The molecule has 76 valence electrons. The van der Waals surface area contributed by atoms with E-state index in [-0.39, 0.29) is 0 Å². The molecule has 1 unspecified atom stereocenters. The molecule has 0 fully saturated rings. The van der Waals surface area contributed by atoms with Crippen molar-refractivity contribution in [2.45, 2.75) is 18.9 Å². The van der Waals surface area contributed by atoms with Crippen molar-refractivity contribution < 1.29 is 9.84 Å². The van der Waals surface area contributed by atoms with Gasteiger partial charge in [-0.25, -0.2) is 0 Å². The standard InChI is InChI=1S/C12H16O2/c1-3-4-5-12(13)10-6-8-11(14-2)9-7-10/h3,6-9,12-13H,1,4-5H2,2H3. The van der Waals surface area contributed by atoms with Crippen LogP contribution in [0.15, 0.2) is 36.9 Å². The molecule has 0 saturated heterocycles. The van der Waals surface area contributed by atoms with Crippen molar-refractivity contribution in [1.29, 1.82) is 0 Å². The van der Waals surface area contributed by atoms with Crippen molar-refractivity contribution >= 4 is 0 Å². The molecule has 0 aliphatic heterocycles. The van der Waals surface area contributed by atoms with Crippen molar-refractivity contribution in [1.82, 2.24) is 0 Å². The average molecular weight is 192 g/mol. The van der Waals surface area contributed by atoms with Crippen LogP contribution in [0.3, 0.4) is 0 Å². The fourth-order valence-electron chi connectivity index (χ4n) is 1.27. The highest BCUT2D eigenvalue weighted by Gasteiger charge is 2.05. The molecule has 1 atom stereocenters. The number of aliphatic hydroxyl groups excluding tert-OH is 1. The lowest BCUT2D eigenvalue weighted by Crippen LogP contribution is -1.96. The molecule has 1 rings (SSSR count). The van der Waals surface area contributed by atoms with E-state index >= 15 is 0 Å². The lowest BCUT2D eigenvalue weighted by Gasteiger charge is -2.09. The van der Waals surface area contributed by atoms with Gasteiger partial charge >= 0.3 is 0 Å². The predicted molar refractivity (Wildman–Crippen MR) is 57.4 cm³/mol. The van der Waals surface area contributed by atoms with Gasteiger partial charge in [0.1, 0.15) is 5.75 Å². The van der Waals surface area contributed by atoms with Gasteiger partial charge in [-0.1, -0.05) is 18.2 Å². The molecule has 1 aromatic rings. The lowest BCUT2D eigenvalue weighted by atomic mass is 10.1. The number of ether oxygens (including phenoxy) is 1. The van der Waals surface area contributed by atoms with E-state index in [1.54, 1.807) is 7.11 Å². The topological polar surface area (TPSA) is 29.5 Å². The van der Waals surface area contributed by atoms with E-state index in [1.165, 1.54) is 0 Å². The van der Waals surface area contributed by atoms with Crippen LogP contribution < -0.4 is 4.74 Å². The van der Waals surface area contributed by atoms with Crippen molar-refractivity contribution in [3.8, 4) is 5.75 Å². The number of rotatable bonds is 5. The molecular weight excluding hydrogens is 176 g/mol. The van der Waals surface area contributed by atoms with Gasteiger partial charge in [0.15, 0.2) is 0 Å². The van der Waals surface area contributed by atoms with Crippen LogP contribution in [0, 0.1) is 0 Å². The lowest BCUT2D eigenvalue weighted by molar-refractivity contribution is 0.168. The molecule has 14 heavy (non-hydrogen) atoms. The predicted octanol–water partition coefficient (Wildman–Crippen LogP) is 2.69. The van der Waals surface area contributed by atoms with Crippen LogP contribution in [0.1, 0.15) is 24.5 Å². The second-order valence-electron chi connectivity index (χ2n) is 3.15. The van der Waals surface area contributed by atoms with Gasteiger partial charge in [-0.05, 0) is 30.5 Å². The number of allylic oxidation sites excluding steroid dienone is 1. The fraction of sp³-hybridized carbons (Fsp3) is 0.333. The van der Waals surface area contributed by atoms with Crippen LogP contribution >= 0.6 is 0 Å². The van der Waals surface area contributed by atoms with E-state index in [9.17, 15) is 5.11 Å². The largest absolute Gasteiger partial charge is 0.497 e. The summed E-state index contributed by atoms with van der Waals surface area (Å²) in [6.45, 7) is 3.62. The second-order valence-corrected chi connectivity index (χ2v) is 3.15. The maximum Gasteiger partial charge on any atom is 0.118 e. The molecule has 0 saturated carbocycles. The van der Waals surface area contributed by atoms with Gasteiger partial charge in [0.2, 0.25) is 0 Å². The Labute approximate surface area is 84.8 Å². The minimum Gasteiger partial charge on any atom is -0.497 e. The Morgan fingerprint density at radius 3 is 2.57 bits per heavy atom. The third-order valence-corrected chi connectivity index (χ3v) is 2.14. The van der Waals surface area contributed by atoms with Crippen molar-refractivity contribution in [3.63, 3.8) is 0 Å². The van der Waals surface area contributed by atoms with Crippen LogP contribution in [-0.4, -0.2) is 12.2 Å². The molecule has 1 aromatic carbocycles. The Hall–Kier alpha value is -1.28. The van der Waals surface area contributed by atoms with E-state index in [0.717, 1.165) is 24.2 Å². The van der Waals surface area contributed by atoms with Gasteiger partial charge in [-0.15, -0.1) is 6.58 Å². The van der Waals surface area contributed by atoms with Gasteiger partial charge < -0.3 is 9.84 Å². The van der Waals surface area contributed by atoms with Crippen LogP contribution in [0.5, 0.6) is 5.75 Å². The SMILES string of the molecule is C=CCCC(O)c1ccc(OC)cc1. The Morgan fingerprint density at radius 2 is 2.07 bits per heavy atom. The molecule has 0 amide bonds. The summed E-state index contributed by atoms with van der Waals surface area (Å²) in [5.41, 5.74) is 0.924. The molecule has 0 heterocycles. The molecule has 2 nitrogen and oxygen atoms in total. The zero-order chi connectivity index (χ0) is 10.4. The maximum absolute atomic E-state index is 9.73. The monoisotopic (exact) mass is 192 g/mol. The highest BCUT2D eigenvalue weighted by atomic mass is 16.5. The Balaban J connectivity index is 2.61. The van der Waals surface area contributed by atoms with E-state index < -0.39 is 6.10 Å². The Kier molecular flexibility index (Phi) is 4.20. The Morgan fingerprint density at radius 1 is 1.43 bits per heavy atom. The molecular formula is C12H16O2. The normalized spacial score (nSPS) is 12.1. The van der Waals surface area contributed by atoms with Crippen molar-refractivity contribution in [3.05, 3.63) is 42.5 Å². The van der Waals surface area contributed by atoms with Crippen molar-refractivity contribution in [2.24, 2.45) is 0 Å². The van der Waals surface area contributed by atoms with E-state index in [0.29, 0.717) is 0 Å². The van der Waals surface area contributed by atoms with Crippen LogP contribution in [0.4, 0.5) is 0 Å². The molecule has 0 radical (unpaired) electrons. The fourth-order valence-corrected chi connectivity index (χ4v) is 1.27. The summed E-state index contributed by atoms with van der Waals surface area (Å²) in [4.78, 5) is 0. The molecule has 0 aromatic heterocycles. The number of hydrogen-bond acceptors (Lipinski definition) is 2. The van der Waals surface area contributed by atoms with Crippen LogP contribution in [-0.2, 0) is 0 Å². The number of aliphatic hydroxyl groups is 1. The molecule has 1 N–H and O–H groups in total. The van der Waals surface area contributed by atoms with Gasteiger partial charge in [0.25, 0.3) is 0 Å². The molecule has 0 bridgehead atoms. The Bertz CT molecular complexity index is 277. The van der Waals surface area contributed by atoms with E-state index in [2.05, 4.69) is 6.58 Å². The minimum absolute atomic E-state index is 0.404. The summed E-state index contributed by atoms with van der Waals surface area (Å²) in [5, 5.41) is 9.73. The number of hydrogen-bond donors (Lipinski definition) is 1. The highest BCUT2D eigenvalue weighted by Crippen LogP contribution is 2.20. The second kappa shape index (κ2) is 5.45. The third kappa shape index (κ3) is 2.89. The van der Waals surface area contributed by atoms with E-state index in [1.807, 2.05) is 30.3 Å². The zero-order valence-corrected chi connectivity index (χ0v) is 8.44. The summed E-state index contributed by atoms with van der Waals surface area (Å²) >= 11 is 0. The quantitative estimate of drug-likeness (QED) is 0.727. The number of benzene rings is 1. The summed E-state index contributed by atoms with van der Waals surface area (Å²) in [6.07, 6.45) is 2.95. The van der Waals surface area contributed by atoms with Gasteiger partial charge in [0, 0.05) is 0 Å². The number of methoxy groups -OCH3 is 1. The maximum atomic E-state index is 9.73. The molecule has 0 aliphatic carbocycles. The van der Waals surface area contributed by atoms with Crippen LogP contribution in [0.2, 0.25) is 0 Å². The zero-order valence-electron chi connectivity index (χ0n) is 8.44.